The first-order valence-corrected chi connectivity index (χ1v) is 8.44. The Hall–Kier alpha value is -1.46. The number of aromatic nitrogens is 1. The number of nitrogens with two attached hydrogens (primary N) is 1. The zero-order chi connectivity index (χ0) is 17.5. The maximum atomic E-state index is 11.6. The van der Waals surface area contributed by atoms with Crippen molar-refractivity contribution < 1.29 is 15.0 Å². The lowest BCUT2D eigenvalue weighted by atomic mass is 9.84. The van der Waals surface area contributed by atoms with E-state index in [0.717, 1.165) is 31.2 Å². The third-order valence-electron chi connectivity index (χ3n) is 4.11. The fraction of sp³-hybridized carbons (Fsp3) is 0.667. The molecule has 0 aliphatic heterocycles. The second kappa shape index (κ2) is 8.99. The van der Waals surface area contributed by atoms with Crippen LogP contribution in [0.3, 0.4) is 0 Å². The van der Waals surface area contributed by atoms with Gasteiger partial charge in [0.15, 0.2) is 5.60 Å². The van der Waals surface area contributed by atoms with Crippen LogP contribution < -0.4 is 5.73 Å². The number of hydrogen-bond acceptors (Lipinski definition) is 4. The van der Waals surface area contributed by atoms with Crippen molar-refractivity contribution in [1.82, 2.24) is 4.98 Å². The third-order valence-corrected chi connectivity index (χ3v) is 4.11. The Bertz CT molecular complexity index is 505. The Labute approximate surface area is 138 Å². The van der Waals surface area contributed by atoms with Gasteiger partial charge in [-0.05, 0) is 42.9 Å². The molecule has 23 heavy (non-hydrogen) atoms. The molecule has 130 valence electrons. The summed E-state index contributed by atoms with van der Waals surface area (Å²) in [4.78, 5) is 15.8. The van der Waals surface area contributed by atoms with Gasteiger partial charge in [0, 0.05) is 24.4 Å². The summed E-state index contributed by atoms with van der Waals surface area (Å²) in [5.41, 5.74) is 5.68. The zero-order valence-electron chi connectivity index (χ0n) is 14.5. The van der Waals surface area contributed by atoms with Crippen molar-refractivity contribution in [2.75, 3.05) is 0 Å². The molecule has 2 unspecified atom stereocenters. The molecule has 5 nitrogen and oxygen atoms in total. The van der Waals surface area contributed by atoms with Gasteiger partial charge in [-0.1, -0.05) is 33.6 Å². The summed E-state index contributed by atoms with van der Waals surface area (Å²) < 4.78 is 0. The first-order valence-electron chi connectivity index (χ1n) is 8.44. The molecule has 0 saturated carbocycles. The molecule has 5 heteroatoms. The van der Waals surface area contributed by atoms with Crippen LogP contribution in [0.2, 0.25) is 0 Å². The minimum Gasteiger partial charge on any atom is -0.479 e. The Morgan fingerprint density at radius 2 is 2.09 bits per heavy atom. The number of aliphatic hydroxyl groups is 1. The lowest BCUT2D eigenvalue weighted by Gasteiger charge is -2.30. The van der Waals surface area contributed by atoms with Crippen LogP contribution in [-0.2, 0) is 17.6 Å². The number of pyridine rings is 1. The normalized spacial score (nSPS) is 15.4. The molecule has 0 saturated heterocycles. The molecule has 0 aromatic carbocycles. The van der Waals surface area contributed by atoms with Crippen molar-refractivity contribution in [3.8, 4) is 0 Å². The van der Waals surface area contributed by atoms with Crippen LogP contribution in [0.5, 0.6) is 0 Å². The molecule has 1 aromatic heterocycles. The van der Waals surface area contributed by atoms with Gasteiger partial charge in [-0.3, -0.25) is 4.98 Å². The van der Waals surface area contributed by atoms with Crippen LogP contribution in [0.1, 0.15) is 57.7 Å². The maximum Gasteiger partial charge on any atom is 0.337 e. The molecular formula is C18H30N2O3. The highest BCUT2D eigenvalue weighted by atomic mass is 16.4. The number of aryl methyl sites for hydroxylation is 1. The van der Waals surface area contributed by atoms with Gasteiger partial charge in [0.1, 0.15) is 0 Å². The van der Waals surface area contributed by atoms with E-state index in [4.69, 9.17) is 5.73 Å². The summed E-state index contributed by atoms with van der Waals surface area (Å²) in [6.07, 6.45) is 6.39. The van der Waals surface area contributed by atoms with E-state index >= 15 is 0 Å². The maximum absolute atomic E-state index is 11.6. The molecule has 2 atom stereocenters. The molecule has 4 N–H and O–H groups in total. The van der Waals surface area contributed by atoms with Gasteiger partial charge in [0.05, 0.1) is 0 Å². The summed E-state index contributed by atoms with van der Waals surface area (Å²) in [6.45, 7) is 6.06. The predicted molar refractivity (Wildman–Crippen MR) is 91.2 cm³/mol. The Kier molecular flexibility index (Phi) is 7.65. The lowest BCUT2D eigenvalue weighted by Crippen LogP contribution is -2.56. The molecule has 1 heterocycles. The number of carboxylic acid groups (broad SMARTS) is 1. The first kappa shape index (κ1) is 19.6. The second-order valence-electron chi connectivity index (χ2n) is 6.75. The van der Waals surface area contributed by atoms with E-state index in [1.165, 1.54) is 0 Å². The van der Waals surface area contributed by atoms with Gasteiger partial charge in [-0.25, -0.2) is 4.79 Å². The van der Waals surface area contributed by atoms with Crippen LogP contribution in [0.15, 0.2) is 18.3 Å². The molecule has 0 bridgehead atoms. The van der Waals surface area contributed by atoms with Crippen molar-refractivity contribution >= 4 is 5.97 Å². The van der Waals surface area contributed by atoms with E-state index in [-0.39, 0.29) is 12.3 Å². The van der Waals surface area contributed by atoms with Gasteiger partial charge in [-0.15, -0.1) is 0 Å². The van der Waals surface area contributed by atoms with Crippen molar-refractivity contribution in [3.05, 3.63) is 29.6 Å². The van der Waals surface area contributed by atoms with E-state index in [0.29, 0.717) is 12.1 Å². The predicted octanol–water partition coefficient (Wildman–Crippen LogP) is 2.55. The van der Waals surface area contributed by atoms with Crippen molar-refractivity contribution in [3.63, 3.8) is 0 Å². The lowest BCUT2D eigenvalue weighted by molar-refractivity contribution is -0.161. The van der Waals surface area contributed by atoms with Crippen LogP contribution in [0.4, 0.5) is 0 Å². The van der Waals surface area contributed by atoms with Gasteiger partial charge < -0.3 is 15.9 Å². The SMILES string of the molecule is CCCCCc1ccnc(CC(O)(C(=O)O)C(N)CC(C)C)c1. The largest absolute Gasteiger partial charge is 0.479 e. The van der Waals surface area contributed by atoms with Gasteiger partial charge in [-0.2, -0.15) is 0 Å². The zero-order valence-corrected chi connectivity index (χ0v) is 14.5. The molecule has 0 radical (unpaired) electrons. The van der Waals surface area contributed by atoms with Crippen LogP contribution in [-0.4, -0.2) is 32.8 Å². The van der Waals surface area contributed by atoms with Crippen molar-refractivity contribution in [2.24, 2.45) is 11.7 Å². The minimum atomic E-state index is -1.99. The number of nitrogens with zero attached hydrogens (tertiary/aromatic N) is 1. The highest BCUT2D eigenvalue weighted by Gasteiger charge is 2.43. The Balaban J connectivity index is 2.88. The summed E-state index contributed by atoms with van der Waals surface area (Å²) >= 11 is 0. The molecule has 0 fully saturated rings. The summed E-state index contributed by atoms with van der Waals surface area (Å²) in [6, 6.07) is 2.99. The fourth-order valence-electron chi connectivity index (χ4n) is 2.70. The summed E-state index contributed by atoms with van der Waals surface area (Å²) in [7, 11) is 0. The van der Waals surface area contributed by atoms with E-state index in [1.54, 1.807) is 6.20 Å². The molecule has 0 amide bonds. The molecular weight excluding hydrogens is 292 g/mol. The topological polar surface area (TPSA) is 96.4 Å². The number of rotatable bonds is 10. The summed E-state index contributed by atoms with van der Waals surface area (Å²) in [5, 5.41) is 20.1. The van der Waals surface area contributed by atoms with E-state index in [1.807, 2.05) is 26.0 Å². The van der Waals surface area contributed by atoms with Crippen LogP contribution >= 0.6 is 0 Å². The van der Waals surface area contributed by atoms with Crippen molar-refractivity contribution in [1.29, 1.82) is 0 Å². The van der Waals surface area contributed by atoms with E-state index < -0.39 is 17.6 Å². The Morgan fingerprint density at radius 1 is 1.39 bits per heavy atom. The summed E-state index contributed by atoms with van der Waals surface area (Å²) in [5.74, 6) is -1.08. The highest BCUT2D eigenvalue weighted by molar-refractivity contribution is 5.78. The van der Waals surface area contributed by atoms with Gasteiger partial charge >= 0.3 is 5.97 Å². The number of carbonyl (C=O) groups is 1. The van der Waals surface area contributed by atoms with E-state index in [9.17, 15) is 15.0 Å². The quantitative estimate of drug-likeness (QED) is 0.575. The molecule has 0 aliphatic rings. The number of aliphatic carboxylic acids is 1. The Morgan fingerprint density at radius 3 is 2.65 bits per heavy atom. The second-order valence-corrected chi connectivity index (χ2v) is 6.75. The number of carboxylic acids is 1. The average Bonchev–Trinajstić information content (AvgIpc) is 2.47. The van der Waals surface area contributed by atoms with Gasteiger partial charge in [0.25, 0.3) is 0 Å². The number of hydrogen-bond donors (Lipinski definition) is 3. The molecule has 0 aliphatic carbocycles. The average molecular weight is 322 g/mol. The smallest absolute Gasteiger partial charge is 0.337 e. The third kappa shape index (κ3) is 5.92. The molecule has 1 rings (SSSR count). The van der Waals surface area contributed by atoms with E-state index in [2.05, 4.69) is 11.9 Å². The van der Waals surface area contributed by atoms with Gasteiger partial charge in [0.2, 0.25) is 0 Å². The highest BCUT2D eigenvalue weighted by Crippen LogP contribution is 2.22. The van der Waals surface area contributed by atoms with Crippen LogP contribution in [0.25, 0.3) is 0 Å². The fourth-order valence-corrected chi connectivity index (χ4v) is 2.70. The standard InChI is InChI=1S/C18H30N2O3/c1-4-5-6-7-14-8-9-20-15(11-14)12-18(23,17(21)22)16(19)10-13(2)3/h8-9,11,13,16,23H,4-7,10,12,19H2,1-3H3,(H,21,22). The minimum absolute atomic E-state index is 0.0716. The molecule has 1 aromatic rings. The molecule has 0 spiro atoms. The van der Waals surface area contributed by atoms with Crippen LogP contribution in [0, 0.1) is 5.92 Å². The van der Waals surface area contributed by atoms with Crippen molar-refractivity contribution in [2.45, 2.75) is 70.9 Å². The monoisotopic (exact) mass is 322 g/mol. The number of unbranched alkanes of at least 4 members (excludes halogenated alkanes) is 2. The first-order chi connectivity index (χ1) is 10.8.